The van der Waals surface area contributed by atoms with E-state index in [4.69, 9.17) is 12.2 Å². The highest BCUT2D eigenvalue weighted by atomic mass is 32.1. The van der Waals surface area contributed by atoms with E-state index in [2.05, 4.69) is 20.3 Å². The number of aryl methyl sites for hydroxylation is 1. The SMILES string of the molecule is Cc1ccc(-c2n[nH]c(=S)n2N=Cc2ccc(F)cc2)cn1. The van der Waals surface area contributed by atoms with Crippen molar-refractivity contribution >= 4 is 18.4 Å². The van der Waals surface area contributed by atoms with Crippen LogP contribution >= 0.6 is 12.2 Å². The summed E-state index contributed by atoms with van der Waals surface area (Å²) in [5.41, 5.74) is 2.48. The second-order valence-electron chi connectivity index (χ2n) is 4.65. The lowest BCUT2D eigenvalue weighted by molar-refractivity contribution is 0.628. The van der Waals surface area contributed by atoms with Crippen molar-refractivity contribution in [2.45, 2.75) is 6.92 Å². The third-order valence-corrected chi connectivity index (χ3v) is 3.28. The standard InChI is InChI=1S/C15H12FN5S/c1-10-2-5-12(9-17-10)14-19-20-15(22)21(14)18-8-11-3-6-13(16)7-4-11/h2-9H,1H3,(H,20,22). The molecule has 2 aromatic heterocycles. The van der Waals surface area contributed by atoms with E-state index < -0.39 is 0 Å². The zero-order valence-electron chi connectivity index (χ0n) is 11.7. The van der Waals surface area contributed by atoms with Crippen LogP contribution in [0, 0.1) is 17.5 Å². The Balaban J connectivity index is 1.97. The third-order valence-electron chi connectivity index (χ3n) is 3.01. The molecule has 5 nitrogen and oxygen atoms in total. The van der Waals surface area contributed by atoms with Crippen LogP contribution in [0.15, 0.2) is 47.7 Å². The van der Waals surface area contributed by atoms with Gasteiger partial charge in [-0.05, 0) is 49.0 Å². The number of rotatable bonds is 3. The Labute approximate surface area is 131 Å². The fraction of sp³-hybridized carbons (Fsp3) is 0.0667. The van der Waals surface area contributed by atoms with Crippen molar-refractivity contribution < 1.29 is 4.39 Å². The van der Waals surface area contributed by atoms with Crippen molar-refractivity contribution in [3.05, 3.63) is 64.4 Å². The normalized spacial score (nSPS) is 11.2. The van der Waals surface area contributed by atoms with Crippen LogP contribution in [0.4, 0.5) is 4.39 Å². The number of hydrogen-bond donors (Lipinski definition) is 1. The molecule has 0 saturated heterocycles. The van der Waals surface area contributed by atoms with E-state index in [0.717, 1.165) is 16.8 Å². The monoisotopic (exact) mass is 313 g/mol. The Bertz CT molecular complexity index is 862. The van der Waals surface area contributed by atoms with Crippen molar-refractivity contribution in [1.29, 1.82) is 0 Å². The number of aromatic nitrogens is 4. The van der Waals surface area contributed by atoms with E-state index in [0.29, 0.717) is 10.6 Å². The highest BCUT2D eigenvalue weighted by molar-refractivity contribution is 7.71. The molecule has 0 amide bonds. The van der Waals surface area contributed by atoms with E-state index >= 15 is 0 Å². The molecule has 7 heteroatoms. The van der Waals surface area contributed by atoms with E-state index in [1.807, 2.05) is 19.1 Å². The van der Waals surface area contributed by atoms with Gasteiger partial charge < -0.3 is 0 Å². The van der Waals surface area contributed by atoms with Gasteiger partial charge in [0.15, 0.2) is 5.82 Å². The maximum Gasteiger partial charge on any atom is 0.216 e. The van der Waals surface area contributed by atoms with Gasteiger partial charge in [-0.15, -0.1) is 0 Å². The number of nitrogens with zero attached hydrogens (tertiary/aromatic N) is 4. The zero-order chi connectivity index (χ0) is 15.5. The van der Waals surface area contributed by atoms with Gasteiger partial charge in [-0.25, -0.2) is 9.49 Å². The van der Waals surface area contributed by atoms with Crippen molar-refractivity contribution in [2.75, 3.05) is 0 Å². The average Bonchev–Trinajstić information content (AvgIpc) is 2.89. The van der Waals surface area contributed by atoms with Gasteiger partial charge in [-0.1, -0.05) is 12.1 Å². The van der Waals surface area contributed by atoms with Crippen molar-refractivity contribution in [3.8, 4) is 11.4 Å². The van der Waals surface area contributed by atoms with Gasteiger partial charge in [0.2, 0.25) is 4.77 Å². The van der Waals surface area contributed by atoms with Gasteiger partial charge >= 0.3 is 0 Å². The van der Waals surface area contributed by atoms with Crippen molar-refractivity contribution in [1.82, 2.24) is 19.9 Å². The maximum absolute atomic E-state index is 12.9. The molecule has 0 radical (unpaired) electrons. The van der Waals surface area contributed by atoms with E-state index in [9.17, 15) is 4.39 Å². The maximum atomic E-state index is 12.9. The van der Waals surface area contributed by atoms with Crippen LogP contribution in [-0.4, -0.2) is 26.1 Å². The molecular formula is C15H12FN5S. The molecule has 1 aromatic carbocycles. The summed E-state index contributed by atoms with van der Waals surface area (Å²) in [6, 6.07) is 9.81. The first-order valence-electron chi connectivity index (χ1n) is 6.54. The Hall–Kier alpha value is -2.67. The second-order valence-corrected chi connectivity index (χ2v) is 5.04. The van der Waals surface area contributed by atoms with Gasteiger partial charge in [-0.2, -0.15) is 14.9 Å². The zero-order valence-corrected chi connectivity index (χ0v) is 12.5. The molecule has 2 heterocycles. The summed E-state index contributed by atoms with van der Waals surface area (Å²) in [6.45, 7) is 1.91. The molecule has 0 saturated carbocycles. The van der Waals surface area contributed by atoms with Crippen LogP contribution in [0.3, 0.4) is 0 Å². The van der Waals surface area contributed by atoms with Gasteiger partial charge in [0.25, 0.3) is 0 Å². The fourth-order valence-corrected chi connectivity index (χ4v) is 2.04. The van der Waals surface area contributed by atoms with Crippen molar-refractivity contribution in [3.63, 3.8) is 0 Å². The minimum atomic E-state index is -0.288. The summed E-state index contributed by atoms with van der Waals surface area (Å²) in [6.07, 6.45) is 3.31. The fourth-order valence-electron chi connectivity index (χ4n) is 1.86. The van der Waals surface area contributed by atoms with E-state index in [-0.39, 0.29) is 5.82 Å². The number of halogens is 1. The molecule has 0 atom stereocenters. The van der Waals surface area contributed by atoms with Gasteiger partial charge in [0, 0.05) is 17.5 Å². The number of hydrogen-bond acceptors (Lipinski definition) is 4. The Kier molecular flexibility index (Phi) is 3.88. The van der Waals surface area contributed by atoms with Crippen molar-refractivity contribution in [2.24, 2.45) is 5.10 Å². The molecule has 0 aliphatic heterocycles. The number of benzene rings is 1. The molecule has 0 fully saturated rings. The lowest BCUT2D eigenvalue weighted by Crippen LogP contribution is -1.96. The number of aromatic amines is 1. The first-order chi connectivity index (χ1) is 10.6. The molecule has 3 rings (SSSR count). The lowest BCUT2D eigenvalue weighted by atomic mass is 10.2. The van der Waals surface area contributed by atoms with Crippen LogP contribution in [0.1, 0.15) is 11.3 Å². The molecule has 0 unspecified atom stereocenters. The smallest absolute Gasteiger partial charge is 0.216 e. The lowest BCUT2D eigenvalue weighted by Gasteiger charge is -2.01. The molecule has 0 aliphatic carbocycles. The highest BCUT2D eigenvalue weighted by Crippen LogP contribution is 2.16. The quantitative estimate of drug-likeness (QED) is 0.596. The average molecular weight is 313 g/mol. The topological polar surface area (TPSA) is 58.9 Å². The van der Waals surface area contributed by atoms with Crippen LogP contribution in [-0.2, 0) is 0 Å². The number of pyridine rings is 1. The van der Waals surface area contributed by atoms with Crippen LogP contribution in [0.25, 0.3) is 11.4 Å². The predicted octanol–water partition coefficient (Wildman–Crippen LogP) is 3.33. The Morgan fingerprint density at radius 1 is 1.23 bits per heavy atom. The van der Waals surface area contributed by atoms with Gasteiger partial charge in [0.05, 0.1) is 6.21 Å². The Morgan fingerprint density at radius 3 is 2.68 bits per heavy atom. The second kappa shape index (κ2) is 5.98. The first kappa shape index (κ1) is 14.3. The minimum Gasteiger partial charge on any atom is -0.261 e. The molecule has 0 aliphatic rings. The van der Waals surface area contributed by atoms with Crippen LogP contribution < -0.4 is 0 Å². The summed E-state index contributed by atoms with van der Waals surface area (Å²) >= 11 is 5.19. The first-order valence-corrected chi connectivity index (χ1v) is 6.95. The third kappa shape index (κ3) is 2.99. The van der Waals surface area contributed by atoms with E-state index in [1.54, 1.807) is 24.5 Å². The summed E-state index contributed by atoms with van der Waals surface area (Å²) < 4.78 is 14.8. The van der Waals surface area contributed by atoms with Crippen LogP contribution in [0.2, 0.25) is 0 Å². The molecular weight excluding hydrogens is 301 g/mol. The summed E-state index contributed by atoms with van der Waals surface area (Å²) in [4.78, 5) is 4.24. The minimum absolute atomic E-state index is 0.288. The predicted molar refractivity (Wildman–Crippen MR) is 84.8 cm³/mol. The molecule has 0 bridgehead atoms. The Morgan fingerprint density at radius 2 is 2.00 bits per heavy atom. The molecule has 110 valence electrons. The molecule has 0 spiro atoms. The molecule has 3 aromatic rings. The molecule has 1 N–H and O–H groups in total. The molecule has 22 heavy (non-hydrogen) atoms. The van der Waals surface area contributed by atoms with Gasteiger partial charge in [-0.3, -0.25) is 4.98 Å². The summed E-state index contributed by atoms with van der Waals surface area (Å²) in [5, 5.41) is 11.2. The highest BCUT2D eigenvalue weighted by Gasteiger charge is 2.08. The number of H-pyrrole nitrogens is 1. The largest absolute Gasteiger partial charge is 0.261 e. The van der Waals surface area contributed by atoms with E-state index in [1.165, 1.54) is 16.8 Å². The summed E-state index contributed by atoms with van der Waals surface area (Å²) in [5.74, 6) is 0.277. The van der Waals surface area contributed by atoms with Gasteiger partial charge in [0.1, 0.15) is 5.82 Å². The number of nitrogens with one attached hydrogen (secondary N) is 1. The van der Waals surface area contributed by atoms with Crippen LogP contribution in [0.5, 0.6) is 0 Å². The summed E-state index contributed by atoms with van der Waals surface area (Å²) in [7, 11) is 0.